The molecule has 0 bridgehead atoms. The first-order valence-corrected chi connectivity index (χ1v) is 7.00. The Morgan fingerprint density at radius 2 is 2.17 bits per heavy atom. The van der Waals surface area contributed by atoms with Crippen molar-refractivity contribution in [3.8, 4) is 0 Å². The van der Waals surface area contributed by atoms with Gasteiger partial charge in [0.1, 0.15) is 9.88 Å². The standard InChI is InChI=1S/C11H13N3O2S2/c1-5-4-12-9(17-5)7(3)14-11-13-6(2)8(18-11)10(15)16/h4,7H,1-3H3,(H,13,14)(H,15,16). The molecule has 0 fully saturated rings. The normalized spacial score (nSPS) is 12.4. The molecule has 2 rings (SSSR count). The summed E-state index contributed by atoms with van der Waals surface area (Å²) >= 11 is 2.77. The van der Waals surface area contributed by atoms with Gasteiger partial charge in [-0.25, -0.2) is 14.8 Å². The number of carboxylic acid groups (broad SMARTS) is 1. The quantitative estimate of drug-likeness (QED) is 0.902. The van der Waals surface area contributed by atoms with Crippen LogP contribution >= 0.6 is 22.7 Å². The van der Waals surface area contributed by atoms with E-state index in [0.717, 1.165) is 21.2 Å². The van der Waals surface area contributed by atoms with Gasteiger partial charge < -0.3 is 10.4 Å². The van der Waals surface area contributed by atoms with E-state index in [1.165, 1.54) is 0 Å². The van der Waals surface area contributed by atoms with E-state index < -0.39 is 5.97 Å². The number of aromatic nitrogens is 2. The van der Waals surface area contributed by atoms with Crippen molar-refractivity contribution >= 4 is 33.8 Å². The number of anilines is 1. The molecule has 0 spiro atoms. The van der Waals surface area contributed by atoms with Crippen molar-refractivity contribution in [3.05, 3.63) is 26.7 Å². The molecule has 18 heavy (non-hydrogen) atoms. The van der Waals surface area contributed by atoms with Crippen LogP contribution in [0, 0.1) is 13.8 Å². The van der Waals surface area contributed by atoms with Crippen LogP contribution in [-0.2, 0) is 0 Å². The van der Waals surface area contributed by atoms with E-state index in [1.807, 2.05) is 20.0 Å². The minimum Gasteiger partial charge on any atom is -0.477 e. The zero-order valence-electron chi connectivity index (χ0n) is 10.2. The fourth-order valence-corrected chi connectivity index (χ4v) is 3.14. The number of aryl methyl sites for hydroxylation is 2. The van der Waals surface area contributed by atoms with Gasteiger partial charge in [0.2, 0.25) is 0 Å². The van der Waals surface area contributed by atoms with E-state index in [1.54, 1.807) is 18.3 Å². The Hall–Kier alpha value is -1.47. The molecule has 0 aliphatic rings. The molecule has 2 aromatic heterocycles. The van der Waals surface area contributed by atoms with Crippen molar-refractivity contribution in [2.45, 2.75) is 26.8 Å². The van der Waals surface area contributed by atoms with Crippen molar-refractivity contribution in [1.29, 1.82) is 0 Å². The topological polar surface area (TPSA) is 75.1 Å². The summed E-state index contributed by atoms with van der Waals surface area (Å²) in [6.45, 7) is 5.68. The molecular formula is C11H13N3O2S2. The molecule has 2 N–H and O–H groups in total. The second-order valence-corrected chi connectivity index (χ2v) is 6.18. The SMILES string of the molecule is Cc1cnc(C(C)Nc2nc(C)c(C(=O)O)s2)s1. The predicted molar refractivity (Wildman–Crippen MR) is 72.7 cm³/mol. The fourth-order valence-electron chi connectivity index (χ4n) is 1.48. The van der Waals surface area contributed by atoms with Gasteiger partial charge >= 0.3 is 5.97 Å². The largest absolute Gasteiger partial charge is 0.477 e. The van der Waals surface area contributed by atoms with Crippen LogP contribution in [0.4, 0.5) is 5.13 Å². The van der Waals surface area contributed by atoms with Crippen LogP contribution in [0.2, 0.25) is 0 Å². The third-order valence-corrected chi connectivity index (χ3v) is 4.51. The zero-order chi connectivity index (χ0) is 13.3. The number of hydrogen-bond acceptors (Lipinski definition) is 6. The lowest BCUT2D eigenvalue weighted by Gasteiger charge is -2.08. The van der Waals surface area contributed by atoms with Crippen molar-refractivity contribution in [3.63, 3.8) is 0 Å². The second-order valence-electron chi connectivity index (χ2n) is 3.91. The highest BCUT2D eigenvalue weighted by atomic mass is 32.1. The molecule has 5 nitrogen and oxygen atoms in total. The van der Waals surface area contributed by atoms with Crippen LogP contribution in [0.3, 0.4) is 0 Å². The van der Waals surface area contributed by atoms with Crippen LogP contribution in [0.1, 0.15) is 38.2 Å². The molecule has 1 unspecified atom stereocenters. The molecule has 1 atom stereocenters. The summed E-state index contributed by atoms with van der Waals surface area (Å²) in [5, 5.41) is 13.7. The summed E-state index contributed by atoms with van der Waals surface area (Å²) in [7, 11) is 0. The van der Waals surface area contributed by atoms with Gasteiger partial charge in [-0.3, -0.25) is 0 Å². The van der Waals surface area contributed by atoms with Crippen LogP contribution in [0.5, 0.6) is 0 Å². The molecule has 0 saturated heterocycles. The molecule has 7 heteroatoms. The third-order valence-electron chi connectivity index (χ3n) is 2.34. The maximum atomic E-state index is 10.9. The highest BCUT2D eigenvalue weighted by Gasteiger charge is 2.16. The van der Waals surface area contributed by atoms with Crippen molar-refractivity contribution in [2.24, 2.45) is 0 Å². The van der Waals surface area contributed by atoms with Crippen molar-refractivity contribution in [2.75, 3.05) is 5.32 Å². The molecule has 0 aromatic carbocycles. The summed E-state index contributed by atoms with van der Waals surface area (Å²) in [5.41, 5.74) is 0.539. The van der Waals surface area contributed by atoms with Gasteiger partial charge in [-0.2, -0.15) is 0 Å². The molecule has 2 heterocycles. The molecule has 0 radical (unpaired) electrons. The number of nitrogens with zero attached hydrogens (tertiary/aromatic N) is 2. The monoisotopic (exact) mass is 283 g/mol. The highest BCUT2D eigenvalue weighted by molar-refractivity contribution is 7.17. The van der Waals surface area contributed by atoms with E-state index in [2.05, 4.69) is 15.3 Å². The first-order chi connectivity index (χ1) is 8.47. The molecule has 96 valence electrons. The maximum Gasteiger partial charge on any atom is 0.347 e. The van der Waals surface area contributed by atoms with Crippen LogP contribution < -0.4 is 5.32 Å². The second kappa shape index (κ2) is 5.03. The van der Waals surface area contributed by atoms with Crippen molar-refractivity contribution < 1.29 is 9.90 Å². The molecular weight excluding hydrogens is 270 g/mol. The lowest BCUT2D eigenvalue weighted by Crippen LogP contribution is -2.05. The number of carboxylic acids is 1. The minimum absolute atomic E-state index is 0.0240. The average molecular weight is 283 g/mol. The van der Waals surface area contributed by atoms with Gasteiger partial charge in [0.05, 0.1) is 11.7 Å². The Morgan fingerprint density at radius 3 is 2.67 bits per heavy atom. The zero-order valence-corrected chi connectivity index (χ0v) is 11.9. The number of carbonyl (C=O) groups is 1. The lowest BCUT2D eigenvalue weighted by molar-refractivity contribution is 0.0701. The third kappa shape index (κ3) is 2.68. The van der Waals surface area contributed by atoms with Gasteiger partial charge in [0, 0.05) is 11.1 Å². The summed E-state index contributed by atoms with van der Waals surface area (Å²) in [6.07, 6.45) is 1.83. The molecule has 2 aromatic rings. The number of nitrogens with one attached hydrogen (secondary N) is 1. The highest BCUT2D eigenvalue weighted by Crippen LogP contribution is 2.27. The summed E-state index contributed by atoms with van der Waals surface area (Å²) < 4.78 is 0. The Balaban J connectivity index is 2.14. The summed E-state index contributed by atoms with van der Waals surface area (Å²) in [4.78, 5) is 20.9. The smallest absolute Gasteiger partial charge is 0.347 e. The van der Waals surface area contributed by atoms with E-state index >= 15 is 0 Å². The van der Waals surface area contributed by atoms with Gasteiger partial charge in [-0.15, -0.1) is 11.3 Å². The van der Waals surface area contributed by atoms with E-state index in [4.69, 9.17) is 5.11 Å². The molecule has 0 amide bonds. The van der Waals surface area contributed by atoms with Crippen molar-refractivity contribution in [1.82, 2.24) is 9.97 Å². The number of thiazole rings is 2. The first-order valence-electron chi connectivity index (χ1n) is 5.37. The summed E-state index contributed by atoms with van der Waals surface area (Å²) in [5.74, 6) is -0.934. The van der Waals surface area contributed by atoms with E-state index in [-0.39, 0.29) is 10.9 Å². The van der Waals surface area contributed by atoms with Crippen LogP contribution in [0.15, 0.2) is 6.20 Å². The Morgan fingerprint density at radius 1 is 1.44 bits per heavy atom. The van der Waals surface area contributed by atoms with Gasteiger partial charge in [-0.1, -0.05) is 11.3 Å². The van der Waals surface area contributed by atoms with E-state index in [0.29, 0.717) is 10.8 Å². The van der Waals surface area contributed by atoms with Gasteiger partial charge in [0.15, 0.2) is 5.13 Å². The predicted octanol–water partition coefficient (Wildman–Crippen LogP) is 3.09. The fraction of sp³-hybridized carbons (Fsp3) is 0.364. The Bertz CT molecular complexity index is 577. The summed E-state index contributed by atoms with van der Waals surface area (Å²) in [6, 6.07) is 0.0240. The molecule has 0 aliphatic heterocycles. The van der Waals surface area contributed by atoms with Gasteiger partial charge in [0.25, 0.3) is 0 Å². The minimum atomic E-state index is -0.934. The molecule has 0 saturated carbocycles. The first kappa shape index (κ1) is 13.0. The van der Waals surface area contributed by atoms with Crippen LogP contribution in [-0.4, -0.2) is 21.0 Å². The van der Waals surface area contributed by atoms with Crippen LogP contribution in [0.25, 0.3) is 0 Å². The number of rotatable bonds is 4. The lowest BCUT2D eigenvalue weighted by atomic mass is 10.4. The number of aromatic carboxylic acids is 1. The average Bonchev–Trinajstić information content (AvgIpc) is 2.85. The Kier molecular flexibility index (Phi) is 3.63. The maximum absolute atomic E-state index is 10.9. The molecule has 0 aliphatic carbocycles. The van der Waals surface area contributed by atoms with Gasteiger partial charge in [-0.05, 0) is 20.8 Å². The van der Waals surface area contributed by atoms with E-state index in [9.17, 15) is 4.79 Å². The number of hydrogen-bond donors (Lipinski definition) is 2. The Labute approximate surface area is 113 Å².